The van der Waals surface area contributed by atoms with Crippen molar-refractivity contribution in [3.05, 3.63) is 496 Å². The maximum atomic E-state index is 15.2. The van der Waals surface area contributed by atoms with Crippen molar-refractivity contribution >= 4 is 196 Å². The molecule has 2 N–H and O–H groups in total. The van der Waals surface area contributed by atoms with Gasteiger partial charge in [-0.2, -0.15) is 0 Å². The van der Waals surface area contributed by atoms with E-state index in [0.717, 1.165) is 71.1 Å². The van der Waals surface area contributed by atoms with E-state index in [2.05, 4.69) is 468 Å². The van der Waals surface area contributed by atoms with Gasteiger partial charge in [0.15, 0.2) is 7.14 Å². The minimum atomic E-state index is -3.16. The predicted molar refractivity (Wildman–Crippen MR) is 616 cm³/mol. The largest absolute Gasteiger partial charge is 0.494 e. The molecule has 0 aliphatic carbocycles. The van der Waals surface area contributed by atoms with E-state index in [9.17, 15) is 0 Å². The van der Waals surface area contributed by atoms with Crippen LogP contribution in [-0.2, 0) is 13.9 Å². The molecule has 0 radical (unpaired) electrons. The lowest BCUT2D eigenvalue weighted by Gasteiger charge is -2.32. The summed E-state index contributed by atoms with van der Waals surface area (Å²) in [5, 5.41) is 45.2. The van der Waals surface area contributed by atoms with Gasteiger partial charge in [0.1, 0.15) is 34.5 Å². The lowest BCUT2D eigenvalue weighted by Crippen LogP contribution is -2.41. The second-order valence-corrected chi connectivity index (χ2v) is 45.8. The Bertz CT molecular complexity index is 9140. The van der Waals surface area contributed by atoms with Crippen molar-refractivity contribution in [2.75, 3.05) is 0 Å². The zero-order valence-electron chi connectivity index (χ0n) is 79.9. The molecule has 1 fully saturated rings. The highest BCUT2D eigenvalue weighted by atomic mass is 79.9. The first-order valence-corrected chi connectivity index (χ1v) is 54.0. The maximum Gasteiger partial charge on any atom is 0.494 e. The van der Waals surface area contributed by atoms with Crippen LogP contribution in [0.2, 0.25) is 0 Å². The van der Waals surface area contributed by atoms with Crippen LogP contribution < -0.4 is 67.4 Å². The van der Waals surface area contributed by atoms with Gasteiger partial charge in [0, 0.05) is 31.0 Å². The Morgan fingerprint density at radius 3 is 0.910 bits per heavy atom. The second-order valence-electron chi connectivity index (χ2n) is 37.9. The lowest BCUT2D eigenvalue weighted by atomic mass is 9.79. The molecule has 8 nitrogen and oxygen atoms in total. The van der Waals surface area contributed by atoms with Crippen LogP contribution in [0.15, 0.2) is 496 Å². The average Bonchev–Trinajstić information content (AvgIpc) is 1.35. The minimum Gasteiger partial charge on any atom is -0.456 e. The van der Waals surface area contributed by atoms with Crippen LogP contribution >= 0.6 is 38.9 Å². The molecule has 4 aliphatic heterocycles. The first kappa shape index (κ1) is 91.9. The summed E-state index contributed by atoms with van der Waals surface area (Å²) in [5.74, 6) is 5.07. The summed E-state index contributed by atoms with van der Waals surface area (Å²) in [5.41, 5.74) is 12.0. The second kappa shape index (κ2) is 38.6. The molecule has 0 spiro atoms. The van der Waals surface area contributed by atoms with Gasteiger partial charge in [0.05, 0.1) is 21.8 Å². The van der Waals surface area contributed by atoms with Crippen LogP contribution in [0.3, 0.4) is 0 Å². The van der Waals surface area contributed by atoms with E-state index in [1.54, 1.807) is 0 Å². The Morgan fingerprint density at radius 2 is 0.503 bits per heavy atom. The van der Waals surface area contributed by atoms with Crippen molar-refractivity contribution in [2.24, 2.45) is 0 Å². The van der Waals surface area contributed by atoms with Gasteiger partial charge in [-0.1, -0.05) is 410 Å². The number of hydrogen-bond donors (Lipinski definition) is 2. The fraction of sp³-hybridized carbons (Fsp3) is 0.0455. The Balaban J connectivity index is 0.000000106. The number of hydrogen-bond acceptors (Lipinski definition) is 8. The average molecular weight is 1990 g/mol. The van der Waals surface area contributed by atoms with Crippen LogP contribution in [0.25, 0.3) is 153 Å². The molecule has 145 heavy (non-hydrogen) atoms. The Kier molecular flexibility index (Phi) is 24.5. The summed E-state index contributed by atoms with van der Waals surface area (Å²) in [4.78, 5) is 0. The van der Waals surface area contributed by atoms with E-state index in [4.69, 9.17) is 34.0 Å². The topological polar surface area (TPSA) is 104 Å². The van der Waals surface area contributed by atoms with Gasteiger partial charge in [0.25, 0.3) is 0 Å². The van der Waals surface area contributed by atoms with Crippen molar-refractivity contribution in [1.82, 2.24) is 0 Å². The predicted octanol–water partition coefficient (Wildman–Crippen LogP) is 32.0. The standard InChI is InChI=1S/C42H27O2P.C42H27OP.C24H24BO3P.C24H15Br.H2O2/c43-45(32-13-2-1-3-14-32)41-20-9-8-19-39(41)44-40-24-22-31(27-42(40)45)29-12-10-11-28(25-29)30-21-23-37-35-17-5-4-15-33(35)34-16-6-7-18-36(34)38(37)26-30;1-2-13-32(14-3-1)44-41-20-9-8-19-39(41)43-40-24-22-31(27-42(40)44)29-12-10-11-28(25-29)30-21-23-37-35-17-5-4-15-33(35)34-16-6-7-18-36(34)38(37)26-30;1-23(2)24(3,4)28-25(27-23)17-14-15-20-22(16-17)29(18-10-6-5-7-11-18)21-13-9-8-12-19(21)26-20;25-18-7-5-6-16(14-18)17-12-13-23-21-10-2-1-8-19(21)20-9-3-4-11-22(20)24(23)15-17;1-2/h1-27H;1-27H;5-16H,1-4H3;1-15H;1-2H. The highest BCUT2D eigenvalue weighted by molar-refractivity contribution is 9.10. The van der Waals surface area contributed by atoms with Crippen molar-refractivity contribution < 1.29 is 38.6 Å². The van der Waals surface area contributed by atoms with E-state index < -0.39 is 23.0 Å². The van der Waals surface area contributed by atoms with Crippen LogP contribution in [0, 0.1) is 0 Å². The van der Waals surface area contributed by atoms with E-state index in [1.807, 2.05) is 66.7 Å². The fourth-order valence-corrected chi connectivity index (χ4v) is 29.5. The number of benzene rings is 24. The molecular weight excluding hydrogens is 1900 g/mol. The van der Waals surface area contributed by atoms with E-state index in [-0.39, 0.29) is 18.3 Å². The third-order valence-corrected chi connectivity index (χ3v) is 37.5. The van der Waals surface area contributed by atoms with Gasteiger partial charge >= 0.3 is 7.12 Å². The van der Waals surface area contributed by atoms with Crippen LogP contribution in [0.4, 0.5) is 0 Å². The number of fused-ring (bicyclic) bond motifs is 24. The lowest BCUT2D eigenvalue weighted by molar-refractivity contribution is -0.176. The van der Waals surface area contributed by atoms with E-state index in [1.165, 1.54) is 162 Å². The highest BCUT2D eigenvalue weighted by Crippen LogP contribution is 2.54. The van der Waals surface area contributed by atoms with Crippen LogP contribution in [0.5, 0.6) is 34.5 Å². The molecule has 4 aliphatic rings. The zero-order valence-corrected chi connectivity index (χ0v) is 84.2. The van der Waals surface area contributed by atoms with Gasteiger partial charge in [-0.05, 0) is 309 Å². The Hall–Kier alpha value is -15.5. The van der Waals surface area contributed by atoms with Gasteiger partial charge in [0.2, 0.25) is 0 Å². The number of para-hydroxylation sites is 3. The summed E-state index contributed by atoms with van der Waals surface area (Å²) in [7, 11) is -4.98. The van der Waals surface area contributed by atoms with E-state index >= 15 is 4.57 Å². The summed E-state index contributed by atoms with van der Waals surface area (Å²) in [6, 6.07) is 174. The fourth-order valence-electron chi connectivity index (χ4n) is 21.2. The Labute approximate surface area is 853 Å². The molecule has 0 amide bonds. The number of ether oxygens (including phenoxy) is 3. The quantitative estimate of drug-likeness (QED) is 0.0484. The zero-order chi connectivity index (χ0) is 98.0. The molecule has 24 aromatic carbocycles. The molecule has 28 rings (SSSR count). The number of rotatable bonds is 9. The molecule has 0 saturated carbocycles. The first-order chi connectivity index (χ1) is 71.2. The molecule has 24 aromatic rings. The van der Waals surface area contributed by atoms with Gasteiger partial charge in [-0.3, -0.25) is 10.5 Å². The summed E-state index contributed by atoms with van der Waals surface area (Å²) in [6.45, 7) is 8.34. The normalized spacial score (nSPS) is 15.3. The summed E-state index contributed by atoms with van der Waals surface area (Å²) < 4.78 is 47.9. The molecule has 0 aromatic heterocycles. The van der Waals surface area contributed by atoms with Gasteiger partial charge < -0.3 is 28.1 Å². The maximum absolute atomic E-state index is 15.2. The molecule has 3 unspecified atom stereocenters. The molecule has 13 heteroatoms. The van der Waals surface area contributed by atoms with Crippen LogP contribution in [-0.4, -0.2) is 28.8 Å². The summed E-state index contributed by atoms with van der Waals surface area (Å²) >= 11 is 3.58. The number of halogens is 1. The summed E-state index contributed by atoms with van der Waals surface area (Å²) in [6.07, 6.45) is 0. The molecule has 1 saturated heterocycles. The molecular formula is C132H95BBrO8P3. The third-order valence-electron chi connectivity index (χ3n) is 28.9. The van der Waals surface area contributed by atoms with Crippen molar-refractivity contribution in [1.29, 1.82) is 0 Å². The van der Waals surface area contributed by atoms with Crippen molar-refractivity contribution in [3.8, 4) is 90.1 Å². The van der Waals surface area contributed by atoms with Crippen molar-refractivity contribution in [3.63, 3.8) is 0 Å². The van der Waals surface area contributed by atoms with E-state index in [0.29, 0.717) is 11.5 Å². The third kappa shape index (κ3) is 16.9. The molecule has 3 atom stereocenters. The van der Waals surface area contributed by atoms with Crippen LogP contribution in [0.1, 0.15) is 27.7 Å². The van der Waals surface area contributed by atoms with Gasteiger partial charge in [-0.25, -0.2) is 0 Å². The monoisotopic (exact) mass is 1990 g/mol. The van der Waals surface area contributed by atoms with Gasteiger partial charge in [-0.15, -0.1) is 0 Å². The molecule has 4 heterocycles. The Morgan fingerprint density at radius 1 is 0.228 bits per heavy atom. The molecule has 0 bridgehead atoms. The van der Waals surface area contributed by atoms with Crippen molar-refractivity contribution in [2.45, 2.75) is 38.9 Å². The SMILES string of the molecule is Brc1cccc(-c2ccc3c4ccccc4c4ccccc4c3c2)c1.CC1(C)OB(c2ccc3c(c2)P(c2ccccc2)c2ccccc2O3)OC1(C)C.O=P1(c2ccccc2)c2ccccc2Oc2ccc(-c3cccc(-c4ccc5c6ccccc6c6ccccc6c5c4)c3)cc21.OO.c1ccc(P2c3ccccc3Oc3ccc(-c4cccc(-c5ccc6c7ccccc7c7ccccc7c6c5)c4)cc32)cc1. The first-order valence-electron chi connectivity index (χ1n) is 48.8. The highest BCUT2D eigenvalue weighted by Gasteiger charge is 2.52. The smallest absolute Gasteiger partial charge is 0.456 e. The minimum absolute atomic E-state index is 0.360. The molecule has 696 valence electrons.